The van der Waals surface area contributed by atoms with E-state index in [1.165, 1.54) is 31.3 Å². The Morgan fingerprint density at radius 2 is 1.43 bits per heavy atom. The molecule has 3 aromatic carbocycles. The summed E-state index contributed by atoms with van der Waals surface area (Å²) in [5.41, 5.74) is 0.959. The second-order valence-electron chi connectivity index (χ2n) is 10.7. The molecule has 44 heavy (non-hydrogen) atoms. The van der Waals surface area contributed by atoms with Gasteiger partial charge in [0.2, 0.25) is 11.8 Å². The lowest BCUT2D eigenvalue weighted by molar-refractivity contribution is -0.139. The molecule has 236 valence electrons. The van der Waals surface area contributed by atoms with Crippen molar-refractivity contribution < 1.29 is 32.2 Å². The van der Waals surface area contributed by atoms with E-state index >= 15 is 0 Å². The van der Waals surface area contributed by atoms with Crippen LogP contribution < -0.4 is 23.8 Å². The number of hydrogen-bond acceptors (Lipinski definition) is 7. The topological polar surface area (TPSA) is 114 Å². The number of hydrogen-bond donors (Lipinski definition) is 1. The molecule has 3 aromatic rings. The molecule has 0 bridgehead atoms. The number of carbonyl (C=O) groups excluding carboxylic acids is 2. The van der Waals surface area contributed by atoms with Crippen LogP contribution in [0.1, 0.15) is 44.6 Å². The Hall–Kier alpha value is -4.25. The zero-order valence-electron chi connectivity index (χ0n) is 25.7. The van der Waals surface area contributed by atoms with Crippen molar-refractivity contribution in [2.24, 2.45) is 0 Å². The highest BCUT2D eigenvalue weighted by molar-refractivity contribution is 7.92. The summed E-state index contributed by atoms with van der Waals surface area (Å²) in [5, 5.41) is 3.11. The number of sulfonamides is 1. The summed E-state index contributed by atoms with van der Waals surface area (Å²) in [6, 6.07) is 18.9. The fraction of sp³-hybridized carbons (Fsp3) is 0.394. The Labute approximate surface area is 260 Å². The first-order chi connectivity index (χ1) is 21.2. The van der Waals surface area contributed by atoms with E-state index < -0.39 is 28.5 Å². The average Bonchev–Trinajstić information content (AvgIpc) is 3.06. The van der Waals surface area contributed by atoms with Crippen molar-refractivity contribution in [2.45, 2.75) is 62.6 Å². The van der Waals surface area contributed by atoms with Crippen LogP contribution in [0.25, 0.3) is 0 Å². The quantitative estimate of drug-likeness (QED) is 0.292. The van der Waals surface area contributed by atoms with Gasteiger partial charge in [-0.1, -0.05) is 43.5 Å². The lowest BCUT2D eigenvalue weighted by atomic mass is 9.95. The fourth-order valence-electron chi connectivity index (χ4n) is 5.30. The van der Waals surface area contributed by atoms with Crippen molar-refractivity contribution in [3.8, 4) is 17.2 Å². The fourth-order valence-corrected chi connectivity index (χ4v) is 6.73. The second-order valence-corrected chi connectivity index (χ2v) is 12.6. The molecular weight excluding hydrogens is 582 g/mol. The lowest BCUT2D eigenvalue weighted by Gasteiger charge is -2.33. The Bertz CT molecular complexity index is 1510. The van der Waals surface area contributed by atoms with Crippen LogP contribution in [0.2, 0.25) is 0 Å². The molecule has 4 rings (SSSR count). The summed E-state index contributed by atoms with van der Waals surface area (Å²) in [7, 11) is 0.239. The van der Waals surface area contributed by atoms with E-state index in [0.717, 1.165) is 42.0 Å². The van der Waals surface area contributed by atoms with Crippen molar-refractivity contribution in [1.29, 1.82) is 0 Å². The van der Waals surface area contributed by atoms with Crippen LogP contribution in [-0.2, 0) is 26.2 Å². The van der Waals surface area contributed by atoms with E-state index in [4.69, 9.17) is 14.2 Å². The monoisotopic (exact) mass is 623 g/mol. The number of para-hydroxylation sites is 2. The molecule has 0 unspecified atom stereocenters. The summed E-state index contributed by atoms with van der Waals surface area (Å²) < 4.78 is 45.2. The third-order valence-corrected chi connectivity index (χ3v) is 9.68. The maximum atomic E-state index is 14.2. The molecule has 10 nitrogen and oxygen atoms in total. The van der Waals surface area contributed by atoms with Crippen molar-refractivity contribution in [3.63, 3.8) is 0 Å². The van der Waals surface area contributed by atoms with E-state index in [1.54, 1.807) is 62.6 Å². The van der Waals surface area contributed by atoms with Crippen LogP contribution in [0, 0.1) is 0 Å². The van der Waals surface area contributed by atoms with E-state index in [2.05, 4.69) is 5.32 Å². The van der Waals surface area contributed by atoms with Crippen LogP contribution in [0.15, 0.2) is 77.7 Å². The standard InChI is InChI=1S/C33H41N3O7S/c1-24(33(38)34-26-10-6-5-7-11-26)35(22-25-14-16-27(41-2)17-15-25)32(37)23-36(30-12-8-9-13-31(30)43-4)44(39,40)29-20-18-28(42-3)19-21-29/h8-9,12-21,24,26H,5-7,10-11,22-23H2,1-4H3,(H,34,38)/t24-/m1/s1. The zero-order chi connectivity index (χ0) is 31.7. The molecule has 0 aromatic heterocycles. The SMILES string of the molecule is COc1ccc(CN(C(=O)CN(c2ccccc2OC)S(=O)(=O)c2ccc(OC)cc2)[C@H](C)C(=O)NC2CCCCC2)cc1. The second kappa shape index (κ2) is 15.0. The van der Waals surface area contributed by atoms with Gasteiger partial charge in [-0.2, -0.15) is 0 Å². The van der Waals surface area contributed by atoms with Crippen LogP contribution in [-0.4, -0.2) is 65.1 Å². The predicted molar refractivity (Wildman–Crippen MR) is 169 cm³/mol. The molecule has 1 fully saturated rings. The van der Waals surface area contributed by atoms with Gasteiger partial charge >= 0.3 is 0 Å². The Morgan fingerprint density at radius 1 is 0.841 bits per heavy atom. The van der Waals surface area contributed by atoms with Gasteiger partial charge < -0.3 is 24.4 Å². The van der Waals surface area contributed by atoms with Crippen LogP contribution in [0.4, 0.5) is 5.69 Å². The van der Waals surface area contributed by atoms with E-state index in [1.807, 2.05) is 12.1 Å². The molecule has 0 spiro atoms. The predicted octanol–water partition coefficient (Wildman–Crippen LogP) is 4.77. The Balaban J connectivity index is 1.70. The van der Waals surface area contributed by atoms with Crippen molar-refractivity contribution in [3.05, 3.63) is 78.4 Å². The van der Waals surface area contributed by atoms with Gasteiger partial charge in [0.15, 0.2) is 0 Å². The molecule has 0 radical (unpaired) electrons. The number of methoxy groups -OCH3 is 3. The van der Waals surface area contributed by atoms with E-state index in [0.29, 0.717) is 11.5 Å². The van der Waals surface area contributed by atoms with Crippen molar-refractivity contribution in [1.82, 2.24) is 10.2 Å². The highest BCUT2D eigenvalue weighted by Gasteiger charge is 2.34. The summed E-state index contributed by atoms with van der Waals surface area (Å²) in [6.07, 6.45) is 5.03. The Kier molecular flexibility index (Phi) is 11.1. The number of rotatable bonds is 13. The summed E-state index contributed by atoms with van der Waals surface area (Å²) >= 11 is 0. The third-order valence-electron chi connectivity index (χ3n) is 7.91. The number of ether oxygens (including phenoxy) is 3. The maximum Gasteiger partial charge on any atom is 0.264 e. The van der Waals surface area contributed by atoms with Gasteiger partial charge in [0, 0.05) is 12.6 Å². The highest BCUT2D eigenvalue weighted by atomic mass is 32.2. The molecule has 1 N–H and O–H groups in total. The van der Waals surface area contributed by atoms with Gasteiger partial charge in [0.25, 0.3) is 10.0 Å². The zero-order valence-corrected chi connectivity index (χ0v) is 26.5. The summed E-state index contributed by atoms with van der Waals surface area (Å²) in [4.78, 5) is 29.1. The first-order valence-electron chi connectivity index (χ1n) is 14.7. The average molecular weight is 624 g/mol. The van der Waals surface area contributed by atoms with Gasteiger partial charge in [0.1, 0.15) is 29.8 Å². The normalized spacial score (nSPS) is 14.3. The van der Waals surface area contributed by atoms with Crippen molar-refractivity contribution >= 4 is 27.5 Å². The first kappa shape index (κ1) is 32.7. The number of nitrogens with zero attached hydrogens (tertiary/aromatic N) is 2. The van der Waals surface area contributed by atoms with Gasteiger partial charge in [-0.05, 0) is 73.9 Å². The lowest BCUT2D eigenvalue weighted by Crippen LogP contribution is -2.53. The smallest absolute Gasteiger partial charge is 0.264 e. The van der Waals surface area contributed by atoms with Crippen LogP contribution in [0.3, 0.4) is 0 Å². The van der Waals surface area contributed by atoms with Crippen molar-refractivity contribution in [2.75, 3.05) is 32.2 Å². The molecule has 1 aliphatic rings. The molecular formula is C33H41N3O7S. The number of amides is 2. The largest absolute Gasteiger partial charge is 0.497 e. The van der Waals surface area contributed by atoms with E-state index in [-0.39, 0.29) is 34.8 Å². The summed E-state index contributed by atoms with van der Waals surface area (Å²) in [6.45, 7) is 1.20. The number of carbonyl (C=O) groups is 2. The third kappa shape index (κ3) is 7.82. The maximum absolute atomic E-state index is 14.2. The number of benzene rings is 3. The molecule has 0 aliphatic heterocycles. The molecule has 0 heterocycles. The van der Waals surface area contributed by atoms with Gasteiger partial charge in [-0.3, -0.25) is 13.9 Å². The van der Waals surface area contributed by atoms with Crippen LogP contribution in [0.5, 0.6) is 17.2 Å². The molecule has 1 aliphatic carbocycles. The number of anilines is 1. The Morgan fingerprint density at radius 3 is 2.02 bits per heavy atom. The first-order valence-corrected chi connectivity index (χ1v) is 16.1. The molecule has 0 saturated heterocycles. The minimum Gasteiger partial charge on any atom is -0.497 e. The van der Waals surface area contributed by atoms with Gasteiger partial charge in [-0.25, -0.2) is 8.42 Å². The van der Waals surface area contributed by atoms with Gasteiger partial charge in [0.05, 0.1) is 31.9 Å². The molecule has 1 atom stereocenters. The van der Waals surface area contributed by atoms with Gasteiger partial charge in [-0.15, -0.1) is 0 Å². The molecule has 1 saturated carbocycles. The number of nitrogens with one attached hydrogen (secondary N) is 1. The minimum absolute atomic E-state index is 0.0261. The summed E-state index contributed by atoms with van der Waals surface area (Å²) in [5.74, 6) is 0.605. The molecule has 11 heteroatoms. The highest BCUT2D eigenvalue weighted by Crippen LogP contribution is 2.33. The van der Waals surface area contributed by atoms with E-state index in [9.17, 15) is 18.0 Å². The molecule has 2 amide bonds. The minimum atomic E-state index is -4.26. The van der Waals surface area contributed by atoms with Crippen LogP contribution >= 0.6 is 0 Å².